The van der Waals surface area contributed by atoms with Crippen LogP contribution >= 0.6 is 0 Å². The number of alkyl halides is 3. The molecule has 0 aliphatic carbocycles. The molecule has 1 aliphatic rings. The average Bonchev–Trinajstić information content (AvgIpc) is 3.11. The van der Waals surface area contributed by atoms with Gasteiger partial charge in [-0.2, -0.15) is 23.3 Å². The quantitative estimate of drug-likeness (QED) is 0.420. The Labute approximate surface area is 195 Å². The number of rotatable bonds is 3. The highest BCUT2D eigenvalue weighted by atomic mass is 32.2. The Morgan fingerprint density at radius 2 is 1.91 bits per heavy atom. The molecule has 16 heteroatoms. The summed E-state index contributed by atoms with van der Waals surface area (Å²) in [7, 11) is -2.22. The molecule has 35 heavy (non-hydrogen) atoms. The minimum Gasteiger partial charge on any atom is -0.503 e. The third-order valence-electron chi connectivity index (χ3n) is 5.47. The molecule has 4 rings (SSSR count). The molecule has 1 atom stereocenters. The van der Waals surface area contributed by atoms with E-state index in [0.717, 1.165) is 15.2 Å². The molecule has 2 aromatic heterocycles. The van der Waals surface area contributed by atoms with Crippen molar-refractivity contribution in [3.05, 3.63) is 40.9 Å². The molecule has 186 valence electrons. The van der Waals surface area contributed by atoms with Gasteiger partial charge in [0.05, 0.1) is 17.2 Å². The summed E-state index contributed by atoms with van der Waals surface area (Å²) in [6, 6.07) is 0.213. The van der Waals surface area contributed by atoms with Gasteiger partial charge in [-0.1, -0.05) is 0 Å². The summed E-state index contributed by atoms with van der Waals surface area (Å²) in [5, 5.41) is 13.6. The van der Waals surface area contributed by atoms with Crippen LogP contribution in [0.3, 0.4) is 0 Å². The van der Waals surface area contributed by atoms with Gasteiger partial charge in [-0.05, 0) is 6.07 Å². The Hall–Kier alpha value is -3.58. The lowest BCUT2D eigenvalue weighted by Crippen LogP contribution is -2.54. The zero-order valence-corrected chi connectivity index (χ0v) is 18.9. The van der Waals surface area contributed by atoms with Gasteiger partial charge in [0.15, 0.2) is 23.0 Å². The van der Waals surface area contributed by atoms with E-state index in [0.29, 0.717) is 0 Å². The standard InChI is InChI=1S/C19H16F5N7O3S/c1-25-12-8-30(4-5-31(12)35(3,33)34)18-26-7-10-15(28-29(2)17(10)27-18)9-6-11(19(22,23)24)14(21)16(32)13(9)20/h6-7,12,32H,4-5,8H2,2-3H3. The lowest BCUT2D eigenvalue weighted by Gasteiger charge is -2.33. The zero-order chi connectivity index (χ0) is 25.9. The average molecular weight is 517 g/mol. The number of fused-ring (bicyclic) bond motifs is 1. The van der Waals surface area contributed by atoms with Gasteiger partial charge in [0.25, 0.3) is 0 Å². The fraction of sp³-hybridized carbons (Fsp3) is 0.368. The van der Waals surface area contributed by atoms with Crippen LogP contribution in [0.25, 0.3) is 27.1 Å². The van der Waals surface area contributed by atoms with Crippen molar-refractivity contribution in [1.82, 2.24) is 24.1 Å². The molecule has 3 heterocycles. The van der Waals surface area contributed by atoms with Crippen molar-refractivity contribution in [1.29, 1.82) is 0 Å². The van der Waals surface area contributed by atoms with Gasteiger partial charge in [0.1, 0.15) is 12.2 Å². The summed E-state index contributed by atoms with van der Waals surface area (Å²) >= 11 is 0. The van der Waals surface area contributed by atoms with Crippen LogP contribution < -0.4 is 4.90 Å². The molecule has 0 bridgehead atoms. The topological polar surface area (TPSA) is 109 Å². The highest BCUT2D eigenvalue weighted by Crippen LogP contribution is 2.41. The van der Waals surface area contributed by atoms with E-state index < -0.39 is 50.9 Å². The van der Waals surface area contributed by atoms with Crippen molar-refractivity contribution in [2.24, 2.45) is 7.05 Å². The van der Waals surface area contributed by atoms with Crippen molar-refractivity contribution in [2.75, 3.05) is 30.8 Å². The first-order chi connectivity index (χ1) is 16.2. The molecule has 1 N–H and O–H groups in total. The number of aryl methyl sites for hydroxylation is 1. The van der Waals surface area contributed by atoms with Crippen LogP contribution in [0.2, 0.25) is 0 Å². The molecule has 1 fully saturated rings. The fourth-order valence-electron chi connectivity index (χ4n) is 3.80. The Kier molecular flexibility index (Phi) is 5.80. The van der Waals surface area contributed by atoms with E-state index in [4.69, 9.17) is 6.57 Å². The molecule has 10 nitrogen and oxygen atoms in total. The maximum absolute atomic E-state index is 14.6. The number of hydrogen-bond acceptors (Lipinski definition) is 7. The first-order valence-electron chi connectivity index (χ1n) is 9.80. The third kappa shape index (κ3) is 4.21. The van der Waals surface area contributed by atoms with E-state index in [2.05, 4.69) is 19.9 Å². The number of hydrogen-bond donors (Lipinski definition) is 1. The zero-order valence-electron chi connectivity index (χ0n) is 18.0. The van der Waals surface area contributed by atoms with Gasteiger partial charge in [-0.3, -0.25) is 4.85 Å². The van der Waals surface area contributed by atoms with E-state index in [-0.39, 0.29) is 48.4 Å². The highest BCUT2D eigenvalue weighted by Gasteiger charge is 2.39. The van der Waals surface area contributed by atoms with Crippen LogP contribution in [0.4, 0.5) is 27.9 Å². The number of anilines is 1. The summed E-state index contributed by atoms with van der Waals surface area (Å²) in [6.45, 7) is 7.43. The molecule has 3 aromatic rings. The predicted molar refractivity (Wildman–Crippen MR) is 112 cm³/mol. The van der Waals surface area contributed by atoms with Crippen LogP contribution in [-0.4, -0.2) is 69.6 Å². The van der Waals surface area contributed by atoms with E-state index >= 15 is 0 Å². The Balaban J connectivity index is 1.77. The van der Waals surface area contributed by atoms with Crippen LogP contribution in [0.5, 0.6) is 5.75 Å². The minimum atomic E-state index is -5.20. The molecule has 0 radical (unpaired) electrons. The van der Waals surface area contributed by atoms with E-state index in [1.54, 1.807) is 4.90 Å². The number of halogens is 5. The number of nitrogens with zero attached hydrogens (tertiary/aromatic N) is 7. The number of sulfonamides is 1. The summed E-state index contributed by atoms with van der Waals surface area (Å²) in [5.74, 6) is -5.47. The molecule has 0 amide bonds. The largest absolute Gasteiger partial charge is 0.503 e. The van der Waals surface area contributed by atoms with Gasteiger partial charge in [-0.25, -0.2) is 33.4 Å². The smallest absolute Gasteiger partial charge is 0.419 e. The summed E-state index contributed by atoms with van der Waals surface area (Å²) in [6.07, 6.45) is -4.05. The number of piperazine rings is 1. The van der Waals surface area contributed by atoms with Crippen molar-refractivity contribution in [3.63, 3.8) is 0 Å². The van der Waals surface area contributed by atoms with Gasteiger partial charge >= 0.3 is 12.3 Å². The van der Waals surface area contributed by atoms with Crippen molar-refractivity contribution in [2.45, 2.75) is 12.3 Å². The number of phenols is 1. The maximum atomic E-state index is 14.6. The van der Waals surface area contributed by atoms with Crippen LogP contribution in [0, 0.1) is 18.2 Å². The summed E-state index contributed by atoms with van der Waals surface area (Å²) in [4.78, 5) is 13.3. The fourth-order valence-corrected chi connectivity index (χ4v) is 4.77. The first-order valence-corrected chi connectivity index (χ1v) is 11.7. The number of aromatic hydroxyl groups is 1. The molecule has 1 aliphatic heterocycles. The van der Waals surface area contributed by atoms with Crippen LogP contribution in [0.1, 0.15) is 5.56 Å². The molecule has 0 saturated carbocycles. The van der Waals surface area contributed by atoms with E-state index in [1.165, 1.54) is 13.2 Å². The van der Waals surface area contributed by atoms with Gasteiger partial charge in [0, 0.05) is 31.9 Å². The summed E-state index contributed by atoms with van der Waals surface area (Å²) < 4.78 is 94.1. The molecule has 1 saturated heterocycles. The first kappa shape index (κ1) is 24.5. The Bertz CT molecular complexity index is 1480. The second-order valence-electron chi connectivity index (χ2n) is 7.75. The molecule has 1 aromatic carbocycles. The van der Waals surface area contributed by atoms with Crippen LogP contribution in [0.15, 0.2) is 12.3 Å². The van der Waals surface area contributed by atoms with E-state index in [1.807, 2.05) is 0 Å². The monoisotopic (exact) mass is 517 g/mol. The molecular formula is C19H16F5N7O3S. The van der Waals surface area contributed by atoms with E-state index in [9.17, 15) is 35.5 Å². The second kappa shape index (κ2) is 8.27. The SMILES string of the molecule is [C-]#[N+]C1CN(c2ncc3c(-c4cc(C(F)(F)F)c(F)c(O)c4F)nn(C)c3n2)CCN1S(C)(=O)=O. The van der Waals surface area contributed by atoms with Crippen molar-refractivity contribution >= 4 is 27.0 Å². The number of benzene rings is 1. The van der Waals surface area contributed by atoms with Gasteiger partial charge in [0.2, 0.25) is 16.0 Å². The Morgan fingerprint density at radius 1 is 1.23 bits per heavy atom. The highest BCUT2D eigenvalue weighted by molar-refractivity contribution is 7.88. The number of phenolic OH excluding ortho intramolecular Hbond substituents is 1. The normalized spacial score (nSPS) is 17.7. The maximum Gasteiger partial charge on any atom is 0.419 e. The van der Waals surface area contributed by atoms with Crippen molar-refractivity contribution < 1.29 is 35.5 Å². The molecular weight excluding hydrogens is 501 g/mol. The second-order valence-corrected chi connectivity index (χ2v) is 9.69. The Morgan fingerprint density at radius 3 is 2.51 bits per heavy atom. The minimum absolute atomic E-state index is 0.00417. The predicted octanol–water partition coefficient (Wildman–Crippen LogP) is 2.36. The number of aromatic nitrogens is 4. The third-order valence-corrected chi connectivity index (χ3v) is 6.75. The van der Waals surface area contributed by atoms with Crippen LogP contribution in [-0.2, 0) is 23.2 Å². The lowest BCUT2D eigenvalue weighted by atomic mass is 10.0. The molecule has 1 unspecified atom stereocenters. The molecule has 0 spiro atoms. The van der Waals surface area contributed by atoms with Gasteiger partial charge in [-0.15, -0.1) is 4.31 Å². The lowest BCUT2D eigenvalue weighted by molar-refractivity contribution is -0.140. The van der Waals surface area contributed by atoms with Crippen molar-refractivity contribution in [3.8, 4) is 17.0 Å². The summed E-state index contributed by atoms with van der Waals surface area (Å²) in [5.41, 5.74) is -2.94. The van der Waals surface area contributed by atoms with Gasteiger partial charge < -0.3 is 10.0 Å².